The van der Waals surface area contributed by atoms with Crippen LogP contribution >= 0.6 is 11.8 Å². The first kappa shape index (κ1) is 26.1. The topological polar surface area (TPSA) is 117 Å². The van der Waals surface area contributed by atoms with E-state index in [1.807, 2.05) is 12.1 Å². The Hall–Kier alpha value is -3.47. The molecule has 1 unspecified atom stereocenters. The van der Waals surface area contributed by atoms with E-state index in [9.17, 15) is 10.5 Å². The zero-order valence-electron chi connectivity index (χ0n) is 19.2. The quantitative estimate of drug-likeness (QED) is 0.348. The standard InChI is InChI=1S/C23H19B3N6O2S/c1-14(34-23(24,25)26)12-33-19-6-5-16(11-31-19)20-17(8-27)21(29-2)32-22(18(20)9-28)35-13-15-4-3-7-30-10-15/h3-7,10-11,14H,12-13H2,1-2H3,(H,29,32). The van der Waals surface area contributed by atoms with E-state index in [1.165, 1.54) is 18.0 Å². The normalized spacial score (nSPS) is 11.8. The fourth-order valence-electron chi connectivity index (χ4n) is 3.18. The molecule has 35 heavy (non-hydrogen) atoms. The Bertz CT molecular complexity index is 1240. The van der Waals surface area contributed by atoms with Crippen molar-refractivity contribution in [3.8, 4) is 29.1 Å². The minimum Gasteiger partial charge on any atom is -0.475 e. The number of anilines is 1. The van der Waals surface area contributed by atoms with Crippen LogP contribution in [-0.2, 0) is 10.5 Å². The molecule has 3 rings (SSSR count). The van der Waals surface area contributed by atoms with Crippen molar-refractivity contribution in [1.29, 1.82) is 10.5 Å². The second-order valence-electron chi connectivity index (χ2n) is 7.49. The van der Waals surface area contributed by atoms with Gasteiger partial charge >= 0.3 is 0 Å². The van der Waals surface area contributed by atoms with Crippen molar-refractivity contribution in [3.63, 3.8) is 0 Å². The van der Waals surface area contributed by atoms with Crippen LogP contribution in [0.15, 0.2) is 47.9 Å². The average Bonchev–Trinajstić information content (AvgIpc) is 2.85. The summed E-state index contributed by atoms with van der Waals surface area (Å²) in [6.07, 6.45) is 4.50. The molecule has 0 aliphatic carbocycles. The molecule has 0 aromatic carbocycles. The lowest BCUT2D eigenvalue weighted by atomic mass is 9.52. The Morgan fingerprint density at radius 2 is 1.91 bits per heavy atom. The van der Waals surface area contributed by atoms with E-state index in [1.54, 1.807) is 38.5 Å². The van der Waals surface area contributed by atoms with Crippen LogP contribution in [0.2, 0.25) is 0 Å². The second-order valence-corrected chi connectivity index (χ2v) is 8.46. The molecule has 0 aliphatic rings. The lowest BCUT2D eigenvalue weighted by molar-refractivity contribution is 0.0253. The molecule has 12 heteroatoms. The number of nitriles is 2. The first-order chi connectivity index (χ1) is 16.8. The number of aromatic nitrogens is 3. The van der Waals surface area contributed by atoms with Gasteiger partial charge in [0, 0.05) is 48.6 Å². The van der Waals surface area contributed by atoms with Gasteiger partial charge in [-0.05, 0) is 29.9 Å². The van der Waals surface area contributed by atoms with E-state index < -0.39 is 11.4 Å². The molecule has 0 aliphatic heterocycles. The third kappa shape index (κ3) is 7.01. The van der Waals surface area contributed by atoms with E-state index in [0.717, 1.165) is 5.56 Å². The Balaban J connectivity index is 1.91. The summed E-state index contributed by atoms with van der Waals surface area (Å²) in [6, 6.07) is 11.5. The molecular formula is C23H19B3N6O2S. The summed E-state index contributed by atoms with van der Waals surface area (Å²) in [7, 11) is 18.0. The molecule has 0 spiro atoms. The Morgan fingerprint density at radius 3 is 2.49 bits per heavy atom. The predicted molar refractivity (Wildman–Crippen MR) is 136 cm³/mol. The summed E-state index contributed by atoms with van der Waals surface area (Å²) < 4.78 is 10.8. The third-order valence-electron chi connectivity index (χ3n) is 4.62. The number of pyridine rings is 3. The molecule has 0 fully saturated rings. The van der Waals surface area contributed by atoms with Gasteiger partial charge in [-0.1, -0.05) is 6.07 Å². The highest BCUT2D eigenvalue weighted by atomic mass is 32.2. The van der Waals surface area contributed by atoms with Crippen molar-refractivity contribution in [1.82, 2.24) is 15.0 Å². The highest BCUT2D eigenvalue weighted by Crippen LogP contribution is 2.37. The molecule has 3 aromatic rings. The number of thioether (sulfide) groups is 1. The van der Waals surface area contributed by atoms with E-state index in [2.05, 4.69) is 32.4 Å². The molecule has 1 N–H and O–H groups in total. The van der Waals surface area contributed by atoms with Crippen LogP contribution in [0, 0.1) is 22.7 Å². The van der Waals surface area contributed by atoms with Crippen molar-refractivity contribution >= 4 is 41.1 Å². The van der Waals surface area contributed by atoms with Gasteiger partial charge in [0.15, 0.2) is 0 Å². The van der Waals surface area contributed by atoms with Crippen molar-refractivity contribution in [2.45, 2.75) is 29.1 Å². The largest absolute Gasteiger partial charge is 0.475 e. The monoisotopic (exact) mass is 476 g/mol. The fourth-order valence-corrected chi connectivity index (χ4v) is 4.11. The van der Waals surface area contributed by atoms with Gasteiger partial charge in [0.1, 0.15) is 35.2 Å². The van der Waals surface area contributed by atoms with Crippen molar-refractivity contribution in [2.24, 2.45) is 0 Å². The van der Waals surface area contributed by atoms with Crippen LogP contribution in [0.1, 0.15) is 23.6 Å². The molecule has 0 saturated heterocycles. The SMILES string of the molecule is [B]C([B])([B])OC(C)COc1ccc(-c2c(C#N)c(NC)nc(SCc3cccnc3)c2C#N)cn1. The first-order valence-corrected chi connectivity index (χ1v) is 11.5. The molecule has 0 saturated carbocycles. The van der Waals surface area contributed by atoms with Gasteiger partial charge in [0.05, 0.1) is 35.2 Å². The van der Waals surface area contributed by atoms with E-state index in [4.69, 9.17) is 33.0 Å². The average molecular weight is 476 g/mol. The van der Waals surface area contributed by atoms with Gasteiger partial charge in [-0.3, -0.25) is 4.98 Å². The fraction of sp³-hybridized carbons (Fsp3) is 0.261. The smallest absolute Gasteiger partial charge is 0.213 e. The van der Waals surface area contributed by atoms with Gasteiger partial charge in [0.2, 0.25) is 5.88 Å². The second kappa shape index (κ2) is 11.8. The minimum absolute atomic E-state index is 0.112. The van der Waals surface area contributed by atoms with Gasteiger partial charge in [-0.25, -0.2) is 9.97 Å². The zero-order chi connectivity index (χ0) is 25.4. The maximum Gasteiger partial charge on any atom is 0.213 e. The maximum atomic E-state index is 10.00. The third-order valence-corrected chi connectivity index (χ3v) is 5.67. The zero-order valence-corrected chi connectivity index (χ0v) is 20.0. The molecule has 0 amide bonds. The molecule has 6 radical (unpaired) electrons. The summed E-state index contributed by atoms with van der Waals surface area (Å²) in [5, 5.41) is 21.5. The van der Waals surface area contributed by atoms with Gasteiger partial charge in [-0.15, -0.1) is 11.8 Å². The molecule has 1 atom stereocenters. The number of hydrogen-bond acceptors (Lipinski definition) is 9. The van der Waals surface area contributed by atoms with E-state index in [-0.39, 0.29) is 17.7 Å². The number of nitrogens with one attached hydrogen (secondary N) is 1. The van der Waals surface area contributed by atoms with Crippen LogP contribution in [0.25, 0.3) is 11.1 Å². The minimum atomic E-state index is -1.76. The van der Waals surface area contributed by atoms with Crippen LogP contribution in [-0.4, -0.2) is 63.5 Å². The van der Waals surface area contributed by atoms with Crippen molar-refractivity contribution in [2.75, 3.05) is 19.0 Å². The first-order valence-electron chi connectivity index (χ1n) is 10.5. The molecule has 0 bridgehead atoms. The molecule has 3 heterocycles. The molecular weight excluding hydrogens is 457 g/mol. The van der Waals surface area contributed by atoms with Crippen molar-refractivity contribution < 1.29 is 9.47 Å². The van der Waals surface area contributed by atoms with Crippen LogP contribution in [0.5, 0.6) is 5.88 Å². The lowest BCUT2D eigenvalue weighted by Gasteiger charge is -2.26. The maximum absolute atomic E-state index is 10.00. The summed E-state index contributed by atoms with van der Waals surface area (Å²) in [5.41, 5.74) is 2.53. The summed E-state index contributed by atoms with van der Waals surface area (Å²) in [5.74, 6) is 1.24. The Labute approximate surface area is 212 Å². The number of ether oxygens (including phenoxy) is 2. The van der Waals surface area contributed by atoms with Crippen molar-refractivity contribution in [3.05, 3.63) is 59.5 Å². The van der Waals surface area contributed by atoms with E-state index in [0.29, 0.717) is 33.6 Å². The van der Waals surface area contributed by atoms with Crippen LogP contribution in [0.4, 0.5) is 5.82 Å². The van der Waals surface area contributed by atoms with Gasteiger partial charge < -0.3 is 14.8 Å². The van der Waals surface area contributed by atoms with E-state index >= 15 is 0 Å². The highest BCUT2D eigenvalue weighted by molar-refractivity contribution is 7.98. The Morgan fingerprint density at radius 1 is 1.14 bits per heavy atom. The Kier molecular flexibility index (Phi) is 8.81. The number of nitrogens with zero attached hydrogens (tertiary/aromatic N) is 5. The molecule has 168 valence electrons. The van der Waals surface area contributed by atoms with Crippen LogP contribution in [0.3, 0.4) is 0 Å². The summed E-state index contributed by atoms with van der Waals surface area (Å²) >= 11 is 1.39. The molecule has 8 nitrogen and oxygen atoms in total. The number of rotatable bonds is 10. The predicted octanol–water partition coefficient (Wildman–Crippen LogP) is 2.52. The van der Waals surface area contributed by atoms with Gasteiger partial charge in [-0.2, -0.15) is 10.5 Å². The van der Waals surface area contributed by atoms with Crippen LogP contribution < -0.4 is 10.1 Å². The highest BCUT2D eigenvalue weighted by Gasteiger charge is 2.22. The van der Waals surface area contributed by atoms with Gasteiger partial charge in [0.25, 0.3) is 0 Å². The molecule has 3 aromatic heterocycles. The summed E-state index contributed by atoms with van der Waals surface area (Å²) in [4.78, 5) is 12.9. The lowest BCUT2D eigenvalue weighted by Crippen LogP contribution is -2.39. The number of hydrogen-bond donors (Lipinski definition) is 1. The summed E-state index contributed by atoms with van der Waals surface area (Å²) in [6.45, 7) is 1.82.